The van der Waals surface area contributed by atoms with Crippen molar-refractivity contribution >= 4 is 71.8 Å². The third-order valence-electron chi connectivity index (χ3n) is 8.97. The molecule has 0 spiro atoms. The van der Waals surface area contributed by atoms with E-state index in [-0.39, 0.29) is 0 Å². The molecule has 4 heteroatoms. The Bertz CT molecular complexity index is 2650. The summed E-state index contributed by atoms with van der Waals surface area (Å²) in [5.74, 6) is 0.939. The van der Waals surface area contributed by atoms with Crippen molar-refractivity contribution in [2.24, 2.45) is 0 Å². The SMILES string of the molecule is C1=CCc2c(oc3ccc(-n4c5ccccc5c5c6ccccc6n(-c6ccc7oc8ccccc8c7c6)c54)cc23)C=C1. The van der Waals surface area contributed by atoms with Gasteiger partial charge in [0.15, 0.2) is 0 Å². The van der Waals surface area contributed by atoms with Crippen LogP contribution in [0.1, 0.15) is 11.3 Å². The van der Waals surface area contributed by atoms with Crippen molar-refractivity contribution in [1.82, 2.24) is 9.13 Å². The average Bonchev–Trinajstić information content (AvgIpc) is 3.73. The van der Waals surface area contributed by atoms with Gasteiger partial charge in [0.05, 0.1) is 11.0 Å². The Morgan fingerprint density at radius 3 is 1.86 bits per heavy atom. The van der Waals surface area contributed by atoms with Crippen LogP contribution in [-0.4, -0.2) is 9.13 Å². The van der Waals surface area contributed by atoms with Crippen molar-refractivity contribution in [3.63, 3.8) is 0 Å². The Hall–Kier alpha value is -5.74. The summed E-state index contributed by atoms with van der Waals surface area (Å²) in [6, 6.07) is 38.9. The van der Waals surface area contributed by atoms with E-state index in [0.29, 0.717) is 0 Å². The van der Waals surface area contributed by atoms with Gasteiger partial charge >= 0.3 is 0 Å². The molecule has 0 bridgehead atoms. The highest BCUT2D eigenvalue weighted by molar-refractivity contribution is 6.22. The largest absolute Gasteiger partial charge is 0.456 e. The number of para-hydroxylation sites is 3. The molecule has 202 valence electrons. The normalized spacial score (nSPS) is 13.3. The fraction of sp³-hybridized carbons (Fsp3) is 0.0256. The molecule has 0 aliphatic heterocycles. The highest BCUT2D eigenvalue weighted by Crippen LogP contribution is 2.42. The summed E-state index contributed by atoms with van der Waals surface area (Å²) < 4.78 is 17.3. The maximum Gasteiger partial charge on any atom is 0.135 e. The van der Waals surface area contributed by atoms with Gasteiger partial charge in [0, 0.05) is 49.3 Å². The Morgan fingerprint density at radius 1 is 0.512 bits per heavy atom. The van der Waals surface area contributed by atoms with Gasteiger partial charge < -0.3 is 8.83 Å². The van der Waals surface area contributed by atoms with E-state index in [4.69, 9.17) is 8.83 Å². The summed E-state index contributed by atoms with van der Waals surface area (Å²) in [6.07, 6.45) is 9.25. The molecule has 43 heavy (non-hydrogen) atoms. The fourth-order valence-corrected chi connectivity index (χ4v) is 7.12. The molecule has 4 heterocycles. The van der Waals surface area contributed by atoms with Crippen LogP contribution >= 0.6 is 0 Å². The van der Waals surface area contributed by atoms with Gasteiger partial charge in [-0.1, -0.05) is 72.8 Å². The molecule has 0 radical (unpaired) electrons. The summed E-state index contributed by atoms with van der Waals surface area (Å²) in [4.78, 5) is 0. The van der Waals surface area contributed by atoms with E-state index in [2.05, 4.69) is 131 Å². The highest BCUT2D eigenvalue weighted by atomic mass is 16.3. The molecule has 5 aromatic carbocycles. The maximum absolute atomic E-state index is 6.28. The molecule has 4 aromatic heterocycles. The summed E-state index contributed by atoms with van der Waals surface area (Å²) in [5.41, 5.74) is 9.65. The molecule has 0 amide bonds. The Labute approximate surface area is 246 Å². The Morgan fingerprint density at radius 2 is 1.12 bits per heavy atom. The molecule has 0 saturated carbocycles. The lowest BCUT2D eigenvalue weighted by molar-refractivity contribution is 0.600. The number of benzene rings is 5. The minimum atomic E-state index is 0.847. The summed E-state index contributed by atoms with van der Waals surface area (Å²) >= 11 is 0. The van der Waals surface area contributed by atoms with Gasteiger partial charge in [-0.2, -0.15) is 0 Å². The van der Waals surface area contributed by atoms with E-state index in [1.165, 1.54) is 32.8 Å². The van der Waals surface area contributed by atoms with Gasteiger partial charge in [0.25, 0.3) is 0 Å². The first kappa shape index (κ1) is 22.9. The van der Waals surface area contributed by atoms with Gasteiger partial charge in [-0.3, -0.25) is 9.13 Å². The van der Waals surface area contributed by atoms with Crippen molar-refractivity contribution in [3.05, 3.63) is 139 Å². The van der Waals surface area contributed by atoms with Gasteiger partial charge in [0.2, 0.25) is 0 Å². The van der Waals surface area contributed by atoms with E-state index >= 15 is 0 Å². The van der Waals surface area contributed by atoms with Crippen LogP contribution in [0.3, 0.4) is 0 Å². The zero-order valence-electron chi connectivity index (χ0n) is 23.1. The van der Waals surface area contributed by atoms with Crippen LogP contribution in [0.5, 0.6) is 0 Å². The lowest BCUT2D eigenvalue weighted by Gasteiger charge is -2.13. The number of aromatic nitrogens is 2. The molecule has 1 aliphatic rings. The van der Waals surface area contributed by atoms with Gasteiger partial charge in [-0.25, -0.2) is 0 Å². The number of hydrogen-bond acceptors (Lipinski definition) is 2. The molecule has 0 saturated heterocycles. The standard InChI is InChI=1S/C39H24N2O2/c1-2-10-26-30-22-24(18-20-36(30)42-34(26)16-3-1)40-32-14-7-4-12-28(32)38-29-13-5-8-15-33(29)41(39(38)40)25-19-21-37-31(23-25)27-11-6-9-17-35(27)43-37/h1-9,11-23H,10H2. The molecular weight excluding hydrogens is 528 g/mol. The summed E-state index contributed by atoms with van der Waals surface area (Å²) in [5, 5.41) is 7.12. The molecular formula is C39H24N2O2. The quantitative estimate of drug-likeness (QED) is 0.214. The minimum absolute atomic E-state index is 0.847. The first-order valence-electron chi connectivity index (χ1n) is 14.7. The van der Waals surface area contributed by atoms with Crippen LogP contribution in [-0.2, 0) is 6.42 Å². The van der Waals surface area contributed by atoms with Crippen LogP contribution in [0.15, 0.2) is 136 Å². The van der Waals surface area contributed by atoms with Crippen molar-refractivity contribution in [2.45, 2.75) is 6.42 Å². The third-order valence-corrected chi connectivity index (χ3v) is 8.97. The van der Waals surface area contributed by atoms with E-state index in [0.717, 1.165) is 62.1 Å². The molecule has 0 atom stereocenters. The molecule has 10 rings (SSSR count). The van der Waals surface area contributed by atoms with Gasteiger partial charge in [-0.05, 0) is 67.1 Å². The van der Waals surface area contributed by atoms with Crippen molar-refractivity contribution in [3.8, 4) is 11.4 Å². The lowest BCUT2D eigenvalue weighted by atomic mass is 10.1. The molecule has 0 N–H and O–H groups in total. The summed E-state index contributed by atoms with van der Waals surface area (Å²) in [7, 11) is 0. The van der Waals surface area contributed by atoms with E-state index in [1.807, 2.05) is 12.1 Å². The van der Waals surface area contributed by atoms with E-state index in [9.17, 15) is 0 Å². The maximum atomic E-state index is 6.28. The van der Waals surface area contributed by atoms with E-state index in [1.54, 1.807) is 0 Å². The Balaban J connectivity index is 1.35. The van der Waals surface area contributed by atoms with Crippen LogP contribution in [0, 0.1) is 0 Å². The molecule has 0 fully saturated rings. The lowest BCUT2D eigenvalue weighted by Crippen LogP contribution is -2.01. The van der Waals surface area contributed by atoms with Crippen LogP contribution in [0.25, 0.3) is 83.2 Å². The van der Waals surface area contributed by atoms with Crippen LogP contribution in [0.2, 0.25) is 0 Å². The van der Waals surface area contributed by atoms with Crippen molar-refractivity contribution in [2.75, 3.05) is 0 Å². The van der Waals surface area contributed by atoms with Gasteiger partial charge in [0.1, 0.15) is 28.2 Å². The minimum Gasteiger partial charge on any atom is -0.456 e. The topological polar surface area (TPSA) is 36.1 Å². The smallest absolute Gasteiger partial charge is 0.135 e. The second-order valence-electron chi connectivity index (χ2n) is 11.3. The van der Waals surface area contributed by atoms with E-state index < -0.39 is 0 Å². The number of fused-ring (bicyclic) bond motifs is 11. The molecule has 0 unspecified atom stereocenters. The first-order chi connectivity index (χ1) is 21.3. The van der Waals surface area contributed by atoms with Gasteiger partial charge in [-0.15, -0.1) is 0 Å². The second kappa shape index (κ2) is 8.40. The predicted molar refractivity (Wildman–Crippen MR) is 177 cm³/mol. The first-order valence-corrected chi connectivity index (χ1v) is 14.7. The van der Waals surface area contributed by atoms with Crippen molar-refractivity contribution < 1.29 is 8.83 Å². The molecule has 4 nitrogen and oxygen atoms in total. The second-order valence-corrected chi connectivity index (χ2v) is 11.3. The highest BCUT2D eigenvalue weighted by Gasteiger charge is 2.23. The number of rotatable bonds is 2. The Kier molecular flexibility index (Phi) is 4.47. The zero-order chi connectivity index (χ0) is 28.1. The predicted octanol–water partition coefficient (Wildman–Crippen LogP) is 10.5. The fourth-order valence-electron chi connectivity index (χ4n) is 7.12. The molecule has 1 aliphatic carbocycles. The van der Waals surface area contributed by atoms with Crippen molar-refractivity contribution in [1.29, 1.82) is 0 Å². The summed E-state index contributed by atoms with van der Waals surface area (Å²) in [6.45, 7) is 0. The number of hydrogen-bond donors (Lipinski definition) is 0. The monoisotopic (exact) mass is 552 g/mol. The number of allylic oxidation sites excluding steroid dienone is 3. The molecule has 9 aromatic rings. The van der Waals surface area contributed by atoms with Crippen LogP contribution in [0.4, 0.5) is 0 Å². The third kappa shape index (κ3) is 3.10. The van der Waals surface area contributed by atoms with Crippen LogP contribution < -0.4 is 0 Å². The zero-order valence-corrected chi connectivity index (χ0v) is 23.1. The average molecular weight is 553 g/mol. The number of nitrogens with zero attached hydrogens (tertiary/aromatic N) is 2. The number of furan rings is 2.